The first-order chi connectivity index (χ1) is 10.1. The maximum absolute atomic E-state index is 10.9. The van der Waals surface area contributed by atoms with Crippen molar-refractivity contribution < 1.29 is 14.9 Å². The average molecular weight is 291 g/mol. The highest BCUT2D eigenvalue weighted by atomic mass is 16.5. The van der Waals surface area contributed by atoms with Gasteiger partial charge in [0.25, 0.3) is 0 Å². The lowest BCUT2D eigenvalue weighted by Crippen LogP contribution is -2.53. The van der Waals surface area contributed by atoms with Crippen LogP contribution in [0.4, 0.5) is 0 Å². The van der Waals surface area contributed by atoms with Crippen LogP contribution in [0.3, 0.4) is 0 Å². The predicted molar refractivity (Wildman–Crippen MR) is 81.5 cm³/mol. The number of hydrogen-bond acceptors (Lipinski definition) is 4. The average Bonchev–Trinajstić information content (AvgIpc) is 2.48. The Hall–Kier alpha value is -1.26. The van der Waals surface area contributed by atoms with Crippen molar-refractivity contribution >= 4 is 0 Å². The first-order valence-electron chi connectivity index (χ1n) is 8.05. The van der Waals surface area contributed by atoms with E-state index in [2.05, 4.69) is 5.32 Å². The van der Waals surface area contributed by atoms with Crippen molar-refractivity contribution in [2.24, 2.45) is 5.92 Å². The summed E-state index contributed by atoms with van der Waals surface area (Å²) < 4.78 is 5.49. The first kappa shape index (κ1) is 14.7. The lowest BCUT2D eigenvalue weighted by Gasteiger charge is -2.48. The molecule has 1 heterocycles. The van der Waals surface area contributed by atoms with E-state index in [1.807, 2.05) is 19.1 Å². The minimum absolute atomic E-state index is 0.142. The molecular formula is C17H25NO3. The molecule has 0 radical (unpaired) electrons. The lowest BCUT2D eigenvalue weighted by molar-refractivity contribution is -0.0861. The van der Waals surface area contributed by atoms with Gasteiger partial charge in [-0.25, -0.2) is 0 Å². The largest absolute Gasteiger partial charge is 0.504 e. The van der Waals surface area contributed by atoms with E-state index in [1.165, 1.54) is 6.42 Å². The van der Waals surface area contributed by atoms with Crippen LogP contribution in [0.1, 0.15) is 50.6 Å². The Balaban J connectivity index is 1.89. The Labute approximate surface area is 126 Å². The second-order valence-corrected chi connectivity index (χ2v) is 6.30. The Bertz CT molecular complexity index is 501. The molecule has 1 aliphatic heterocycles. The van der Waals surface area contributed by atoms with Crippen molar-refractivity contribution in [3.8, 4) is 11.5 Å². The van der Waals surface area contributed by atoms with Gasteiger partial charge < -0.3 is 20.3 Å². The Kier molecular flexibility index (Phi) is 4.09. The maximum atomic E-state index is 10.9. The van der Waals surface area contributed by atoms with Crippen molar-refractivity contribution in [2.75, 3.05) is 13.2 Å². The Morgan fingerprint density at radius 1 is 1.33 bits per heavy atom. The quantitative estimate of drug-likeness (QED) is 0.801. The van der Waals surface area contributed by atoms with Crippen LogP contribution in [0.2, 0.25) is 0 Å². The SMILES string of the molecule is CCOc1cc([C@H]2NCC[C@@]3(O)CCCC[C@@H]23)ccc1O. The molecule has 3 rings (SSSR count). The van der Waals surface area contributed by atoms with E-state index >= 15 is 0 Å². The van der Waals surface area contributed by atoms with Gasteiger partial charge in [0.1, 0.15) is 0 Å². The summed E-state index contributed by atoms with van der Waals surface area (Å²) in [6, 6.07) is 5.69. The van der Waals surface area contributed by atoms with E-state index in [1.54, 1.807) is 6.07 Å². The molecule has 2 aliphatic rings. The molecule has 116 valence electrons. The molecule has 1 aromatic carbocycles. The third-order valence-electron chi connectivity index (χ3n) is 5.03. The normalized spacial score (nSPS) is 32.5. The fourth-order valence-corrected chi connectivity index (χ4v) is 3.97. The van der Waals surface area contributed by atoms with Crippen LogP contribution >= 0.6 is 0 Å². The second kappa shape index (κ2) is 5.85. The molecule has 0 aromatic heterocycles. The third kappa shape index (κ3) is 2.74. The number of aliphatic hydroxyl groups is 1. The van der Waals surface area contributed by atoms with Gasteiger partial charge in [0.05, 0.1) is 12.2 Å². The van der Waals surface area contributed by atoms with Gasteiger partial charge in [-0.2, -0.15) is 0 Å². The van der Waals surface area contributed by atoms with E-state index in [4.69, 9.17) is 4.74 Å². The smallest absolute Gasteiger partial charge is 0.161 e. The van der Waals surface area contributed by atoms with Crippen LogP contribution in [-0.4, -0.2) is 29.0 Å². The van der Waals surface area contributed by atoms with Crippen molar-refractivity contribution in [2.45, 2.75) is 50.7 Å². The summed E-state index contributed by atoms with van der Waals surface area (Å²) >= 11 is 0. The van der Waals surface area contributed by atoms with Gasteiger partial charge in [-0.1, -0.05) is 18.9 Å². The molecule has 1 saturated carbocycles. The van der Waals surface area contributed by atoms with Crippen molar-refractivity contribution in [1.29, 1.82) is 0 Å². The van der Waals surface area contributed by atoms with Crippen molar-refractivity contribution in [1.82, 2.24) is 5.32 Å². The third-order valence-corrected chi connectivity index (χ3v) is 5.03. The van der Waals surface area contributed by atoms with Crippen LogP contribution < -0.4 is 10.1 Å². The first-order valence-corrected chi connectivity index (χ1v) is 8.05. The van der Waals surface area contributed by atoms with Crippen LogP contribution in [0.25, 0.3) is 0 Å². The fraction of sp³-hybridized carbons (Fsp3) is 0.647. The van der Waals surface area contributed by atoms with Gasteiger partial charge in [0, 0.05) is 12.0 Å². The number of phenolic OH excluding ortho intramolecular Hbond substituents is 1. The Morgan fingerprint density at radius 3 is 3.00 bits per heavy atom. The standard InChI is InChI=1S/C17H25NO3/c1-2-21-15-11-12(6-7-14(15)19)16-13-5-3-4-8-17(13,20)9-10-18-16/h6-7,11,13,16,18-20H,2-5,8-10H2,1H3/t13-,16+,17-/m0/s1. The minimum atomic E-state index is -0.530. The summed E-state index contributed by atoms with van der Waals surface area (Å²) in [7, 11) is 0. The van der Waals surface area contributed by atoms with E-state index in [9.17, 15) is 10.2 Å². The number of aromatic hydroxyl groups is 1. The summed E-state index contributed by atoms with van der Waals surface area (Å²) in [6.45, 7) is 3.27. The van der Waals surface area contributed by atoms with Gasteiger partial charge in [0.15, 0.2) is 11.5 Å². The fourth-order valence-electron chi connectivity index (χ4n) is 3.97. The molecule has 0 amide bonds. The molecule has 1 saturated heterocycles. The molecule has 0 bridgehead atoms. The molecule has 2 fully saturated rings. The number of hydrogen-bond donors (Lipinski definition) is 3. The van der Waals surface area contributed by atoms with Crippen molar-refractivity contribution in [3.05, 3.63) is 23.8 Å². The van der Waals surface area contributed by atoms with Gasteiger partial charge >= 0.3 is 0 Å². The van der Waals surface area contributed by atoms with Gasteiger partial charge in [-0.05, 0) is 50.4 Å². The zero-order valence-electron chi connectivity index (χ0n) is 12.6. The highest BCUT2D eigenvalue weighted by Gasteiger charge is 2.45. The van der Waals surface area contributed by atoms with E-state index < -0.39 is 5.60 Å². The van der Waals surface area contributed by atoms with E-state index in [0.29, 0.717) is 12.4 Å². The zero-order chi connectivity index (χ0) is 14.9. The number of benzene rings is 1. The summed E-state index contributed by atoms with van der Waals surface area (Å²) in [6.07, 6.45) is 5.11. The van der Waals surface area contributed by atoms with Crippen LogP contribution in [0, 0.1) is 5.92 Å². The molecule has 1 aromatic rings. The number of nitrogens with one attached hydrogen (secondary N) is 1. The molecule has 0 unspecified atom stereocenters. The molecule has 3 atom stereocenters. The number of rotatable bonds is 3. The molecule has 1 aliphatic carbocycles. The van der Waals surface area contributed by atoms with Gasteiger partial charge in [-0.3, -0.25) is 0 Å². The molecule has 4 heteroatoms. The summed E-state index contributed by atoms with van der Waals surface area (Å²) in [4.78, 5) is 0. The molecule has 0 spiro atoms. The molecule has 3 N–H and O–H groups in total. The summed E-state index contributed by atoms with van der Waals surface area (Å²) in [5, 5.41) is 24.3. The molecular weight excluding hydrogens is 266 g/mol. The highest BCUT2D eigenvalue weighted by Crippen LogP contribution is 2.46. The van der Waals surface area contributed by atoms with E-state index in [0.717, 1.165) is 37.8 Å². The number of fused-ring (bicyclic) bond motifs is 1. The van der Waals surface area contributed by atoms with E-state index in [-0.39, 0.29) is 17.7 Å². The topological polar surface area (TPSA) is 61.7 Å². The second-order valence-electron chi connectivity index (χ2n) is 6.30. The molecule has 21 heavy (non-hydrogen) atoms. The summed E-state index contributed by atoms with van der Waals surface area (Å²) in [5.41, 5.74) is 0.568. The van der Waals surface area contributed by atoms with Crippen LogP contribution in [-0.2, 0) is 0 Å². The van der Waals surface area contributed by atoms with Gasteiger partial charge in [0.2, 0.25) is 0 Å². The zero-order valence-corrected chi connectivity index (χ0v) is 12.6. The number of piperidine rings is 1. The van der Waals surface area contributed by atoms with Crippen LogP contribution in [0.15, 0.2) is 18.2 Å². The lowest BCUT2D eigenvalue weighted by atomic mass is 9.67. The monoisotopic (exact) mass is 291 g/mol. The summed E-state index contributed by atoms with van der Waals surface area (Å²) in [5.74, 6) is 0.955. The molecule has 4 nitrogen and oxygen atoms in total. The van der Waals surface area contributed by atoms with Crippen LogP contribution in [0.5, 0.6) is 11.5 Å². The number of phenols is 1. The predicted octanol–water partition coefficient (Wildman–Crippen LogP) is 2.75. The van der Waals surface area contributed by atoms with Gasteiger partial charge in [-0.15, -0.1) is 0 Å². The maximum Gasteiger partial charge on any atom is 0.161 e. The number of ether oxygens (including phenoxy) is 1. The highest BCUT2D eigenvalue weighted by molar-refractivity contribution is 5.43. The minimum Gasteiger partial charge on any atom is -0.504 e. The van der Waals surface area contributed by atoms with Crippen molar-refractivity contribution in [3.63, 3.8) is 0 Å². The Morgan fingerprint density at radius 2 is 2.19 bits per heavy atom.